The van der Waals surface area contributed by atoms with Gasteiger partial charge in [0.1, 0.15) is 0 Å². The molecule has 0 bridgehead atoms. The molecule has 0 aliphatic heterocycles. The molecule has 34 heavy (non-hydrogen) atoms. The summed E-state index contributed by atoms with van der Waals surface area (Å²) in [5.74, 6) is -3.11. The third-order valence-corrected chi connectivity index (χ3v) is 7.83. The Labute approximate surface area is 207 Å². The number of carboxylic acid groups (broad SMARTS) is 1. The number of ketones is 1. The predicted octanol–water partition coefficient (Wildman–Crippen LogP) is 6.25. The fourth-order valence-electron chi connectivity index (χ4n) is 4.41. The molecule has 7 heteroatoms. The second kappa shape index (κ2) is 10.5. The molecular formula is C27H23ClO5S. The molecule has 0 aromatic heterocycles. The van der Waals surface area contributed by atoms with Crippen molar-refractivity contribution in [2.75, 3.05) is 7.11 Å². The number of aliphatic carboxylic acids is 1. The van der Waals surface area contributed by atoms with E-state index in [0.717, 1.165) is 11.1 Å². The van der Waals surface area contributed by atoms with Gasteiger partial charge >= 0.3 is 11.9 Å². The molecule has 0 heterocycles. The summed E-state index contributed by atoms with van der Waals surface area (Å²) in [6, 6.07) is 21.6. The van der Waals surface area contributed by atoms with Crippen LogP contribution < -0.4 is 0 Å². The van der Waals surface area contributed by atoms with E-state index in [1.807, 2.05) is 36.4 Å². The highest BCUT2D eigenvalue weighted by Gasteiger charge is 2.45. The molecule has 1 N–H and O–H groups in total. The van der Waals surface area contributed by atoms with Gasteiger partial charge in [0.15, 0.2) is 5.78 Å². The molecule has 0 amide bonds. The molecule has 1 aliphatic carbocycles. The van der Waals surface area contributed by atoms with Crippen LogP contribution in [0.2, 0.25) is 5.02 Å². The summed E-state index contributed by atoms with van der Waals surface area (Å²) in [5.41, 5.74) is 2.82. The summed E-state index contributed by atoms with van der Waals surface area (Å²) < 4.78 is 4.85. The molecule has 0 saturated heterocycles. The van der Waals surface area contributed by atoms with Gasteiger partial charge in [-0.15, -0.1) is 11.8 Å². The number of ether oxygens (including phenoxy) is 1. The van der Waals surface area contributed by atoms with Crippen molar-refractivity contribution in [3.8, 4) is 11.1 Å². The van der Waals surface area contributed by atoms with Gasteiger partial charge in [-0.25, -0.2) is 4.79 Å². The van der Waals surface area contributed by atoms with Crippen molar-refractivity contribution in [3.63, 3.8) is 0 Å². The van der Waals surface area contributed by atoms with Gasteiger partial charge in [-0.2, -0.15) is 0 Å². The van der Waals surface area contributed by atoms with Crippen molar-refractivity contribution in [2.45, 2.75) is 23.0 Å². The van der Waals surface area contributed by atoms with Crippen LogP contribution in [0.5, 0.6) is 0 Å². The lowest BCUT2D eigenvalue weighted by molar-refractivity contribution is -0.142. The van der Waals surface area contributed by atoms with E-state index in [2.05, 4.69) is 0 Å². The lowest BCUT2D eigenvalue weighted by Gasteiger charge is -2.21. The van der Waals surface area contributed by atoms with Gasteiger partial charge in [-0.1, -0.05) is 60.1 Å². The highest BCUT2D eigenvalue weighted by molar-refractivity contribution is 8.00. The summed E-state index contributed by atoms with van der Waals surface area (Å²) in [7, 11) is 1.31. The van der Waals surface area contributed by atoms with E-state index in [4.69, 9.17) is 16.3 Å². The third-order valence-electron chi connectivity index (χ3n) is 6.14. The maximum absolute atomic E-state index is 13.3. The highest BCUT2D eigenvalue weighted by Crippen LogP contribution is 2.44. The number of carbonyl (C=O) groups excluding carboxylic acids is 2. The van der Waals surface area contributed by atoms with Crippen molar-refractivity contribution in [3.05, 3.63) is 88.9 Å². The maximum Gasteiger partial charge on any atom is 0.338 e. The first-order valence-corrected chi connectivity index (χ1v) is 12.1. The fraction of sp³-hybridized carbons (Fsp3) is 0.222. The first kappa shape index (κ1) is 24.0. The van der Waals surface area contributed by atoms with E-state index in [9.17, 15) is 19.5 Å². The standard InChI is InChI=1S/C27H23ClO5S/c1-33-27(32)20-4-2-3-5-22(20)34-23-15-14-21(24(23)26(30)31)25(29)18-8-6-16(7-9-18)17-10-12-19(28)13-11-17/h2-13,21,23-24H,14-15H2,1H3,(H,30,31). The Hall–Kier alpha value is -3.09. The number of carboxylic acids is 1. The van der Waals surface area contributed by atoms with Crippen LogP contribution in [0.15, 0.2) is 77.7 Å². The molecule has 1 fully saturated rings. The largest absolute Gasteiger partial charge is 0.481 e. The van der Waals surface area contributed by atoms with Gasteiger partial charge in [-0.3, -0.25) is 9.59 Å². The van der Waals surface area contributed by atoms with Crippen LogP contribution in [0.25, 0.3) is 11.1 Å². The molecule has 3 aromatic rings. The van der Waals surface area contributed by atoms with E-state index in [-0.39, 0.29) is 11.0 Å². The number of benzene rings is 3. The Balaban J connectivity index is 1.53. The minimum atomic E-state index is -0.998. The Morgan fingerprint density at radius 2 is 1.53 bits per heavy atom. The topological polar surface area (TPSA) is 80.7 Å². The number of carbonyl (C=O) groups is 3. The fourth-order valence-corrected chi connectivity index (χ4v) is 6.01. The summed E-state index contributed by atoms with van der Waals surface area (Å²) in [6.07, 6.45) is 1.04. The SMILES string of the molecule is COC(=O)c1ccccc1SC1CCC(C(=O)c2ccc(-c3ccc(Cl)cc3)cc2)C1C(=O)O. The van der Waals surface area contributed by atoms with E-state index >= 15 is 0 Å². The minimum absolute atomic E-state index is 0.167. The van der Waals surface area contributed by atoms with Gasteiger partial charge in [0.05, 0.1) is 18.6 Å². The Kier molecular flexibility index (Phi) is 7.39. The summed E-state index contributed by atoms with van der Waals surface area (Å²) in [6.45, 7) is 0. The van der Waals surface area contributed by atoms with Crippen LogP contribution in [0.1, 0.15) is 33.6 Å². The van der Waals surface area contributed by atoms with E-state index in [0.29, 0.717) is 33.9 Å². The molecule has 5 nitrogen and oxygen atoms in total. The zero-order valence-electron chi connectivity index (χ0n) is 18.4. The maximum atomic E-state index is 13.3. The first-order valence-electron chi connectivity index (χ1n) is 10.9. The number of thioether (sulfide) groups is 1. The number of esters is 1. The van der Waals surface area contributed by atoms with E-state index in [1.165, 1.54) is 18.9 Å². The molecule has 1 aliphatic rings. The lowest BCUT2D eigenvalue weighted by atomic mass is 9.88. The van der Waals surface area contributed by atoms with Gasteiger partial charge in [0.25, 0.3) is 0 Å². The molecule has 3 unspecified atom stereocenters. The number of hydrogen-bond donors (Lipinski definition) is 1. The van der Waals surface area contributed by atoms with Crippen LogP contribution in [-0.4, -0.2) is 35.2 Å². The first-order chi connectivity index (χ1) is 16.4. The molecule has 3 aromatic carbocycles. The molecule has 3 atom stereocenters. The summed E-state index contributed by atoms with van der Waals surface area (Å²) in [5, 5.41) is 10.3. The molecule has 0 spiro atoms. The molecular weight excluding hydrogens is 472 g/mol. The second-order valence-electron chi connectivity index (χ2n) is 8.14. The number of methoxy groups -OCH3 is 1. The Morgan fingerprint density at radius 1 is 0.912 bits per heavy atom. The quantitative estimate of drug-likeness (QED) is 0.309. The van der Waals surface area contributed by atoms with Crippen molar-refractivity contribution < 1.29 is 24.2 Å². The third kappa shape index (κ3) is 5.03. The van der Waals surface area contributed by atoms with Gasteiger partial charge in [0.2, 0.25) is 0 Å². The van der Waals surface area contributed by atoms with Crippen LogP contribution in [0.4, 0.5) is 0 Å². The van der Waals surface area contributed by atoms with E-state index in [1.54, 1.807) is 36.4 Å². The molecule has 0 radical (unpaired) electrons. The minimum Gasteiger partial charge on any atom is -0.481 e. The number of rotatable bonds is 7. The number of Topliss-reactive ketones (excluding diaryl/α,β-unsaturated/α-hetero) is 1. The van der Waals surface area contributed by atoms with Crippen LogP contribution in [-0.2, 0) is 9.53 Å². The van der Waals surface area contributed by atoms with E-state index < -0.39 is 23.8 Å². The van der Waals surface area contributed by atoms with Gasteiger partial charge < -0.3 is 9.84 Å². The van der Waals surface area contributed by atoms with Crippen LogP contribution in [0, 0.1) is 11.8 Å². The average Bonchev–Trinajstić information content (AvgIpc) is 3.28. The normalized spacial score (nSPS) is 19.5. The van der Waals surface area contributed by atoms with Gasteiger partial charge in [0, 0.05) is 26.6 Å². The zero-order valence-corrected chi connectivity index (χ0v) is 20.0. The monoisotopic (exact) mass is 494 g/mol. The number of hydrogen-bond acceptors (Lipinski definition) is 5. The summed E-state index contributed by atoms with van der Waals surface area (Å²) >= 11 is 7.29. The predicted molar refractivity (Wildman–Crippen MR) is 132 cm³/mol. The smallest absolute Gasteiger partial charge is 0.338 e. The Morgan fingerprint density at radius 3 is 2.15 bits per heavy atom. The van der Waals surface area contributed by atoms with Crippen molar-refractivity contribution in [1.29, 1.82) is 0 Å². The molecule has 1 saturated carbocycles. The van der Waals surface area contributed by atoms with Gasteiger partial charge in [-0.05, 0) is 48.2 Å². The molecule has 174 valence electrons. The highest BCUT2D eigenvalue weighted by atomic mass is 35.5. The molecule has 4 rings (SSSR count). The Bertz CT molecular complexity index is 1210. The van der Waals surface area contributed by atoms with Crippen molar-refractivity contribution in [2.24, 2.45) is 11.8 Å². The van der Waals surface area contributed by atoms with Crippen molar-refractivity contribution >= 4 is 41.1 Å². The van der Waals surface area contributed by atoms with Crippen LogP contribution in [0.3, 0.4) is 0 Å². The van der Waals surface area contributed by atoms with Crippen LogP contribution >= 0.6 is 23.4 Å². The second-order valence-corrected chi connectivity index (χ2v) is 9.86. The lowest BCUT2D eigenvalue weighted by Crippen LogP contribution is -2.31. The average molecular weight is 495 g/mol. The summed E-state index contributed by atoms with van der Waals surface area (Å²) in [4.78, 5) is 38.3. The zero-order chi connectivity index (χ0) is 24.2. The number of halogens is 1. The van der Waals surface area contributed by atoms with Crippen molar-refractivity contribution in [1.82, 2.24) is 0 Å².